The largest absolute Gasteiger partial charge is 0.465 e. The van der Waals surface area contributed by atoms with Crippen molar-refractivity contribution in [1.82, 2.24) is 14.6 Å². The van der Waals surface area contributed by atoms with Gasteiger partial charge in [-0.15, -0.1) is 5.10 Å². The van der Waals surface area contributed by atoms with Crippen molar-refractivity contribution in [2.75, 3.05) is 12.8 Å². The average Bonchev–Trinajstić information content (AvgIpc) is 3.03. The Hall–Kier alpha value is -2.83. The Morgan fingerprint density at radius 3 is 2.85 bits per heavy atom. The number of carbonyl (C=O) groups is 1. The van der Waals surface area contributed by atoms with Gasteiger partial charge in [0.1, 0.15) is 11.6 Å². The summed E-state index contributed by atoms with van der Waals surface area (Å²) >= 11 is 0. The number of anilines is 1. The molecule has 3 aromatic heterocycles. The molecule has 0 bridgehead atoms. The average molecular weight is 272 g/mol. The van der Waals surface area contributed by atoms with Crippen LogP contribution in [0.25, 0.3) is 17.2 Å². The molecule has 3 heterocycles. The lowest BCUT2D eigenvalue weighted by molar-refractivity contribution is 0.0601. The second kappa shape index (κ2) is 4.37. The summed E-state index contributed by atoms with van der Waals surface area (Å²) < 4.78 is 11.6. The van der Waals surface area contributed by atoms with Gasteiger partial charge in [0.25, 0.3) is 0 Å². The molecule has 3 aromatic rings. The highest BCUT2D eigenvalue weighted by molar-refractivity contribution is 5.91. The van der Waals surface area contributed by atoms with E-state index in [1.165, 1.54) is 17.7 Å². The number of ether oxygens (including phenoxy) is 1. The molecule has 0 saturated carbocycles. The number of hydrogen-bond acceptors (Lipinski definition) is 6. The van der Waals surface area contributed by atoms with E-state index in [2.05, 4.69) is 14.8 Å². The standard InChI is InChI=1S/C13H12N4O3/c1-7-3-4-9(20-7)12-15-11-6-8(13(18)19-2)5-10(14)17(11)16-12/h3-6H,14H2,1-2H3. The van der Waals surface area contributed by atoms with E-state index in [4.69, 9.17) is 10.2 Å². The van der Waals surface area contributed by atoms with Crippen LogP contribution >= 0.6 is 0 Å². The second-order valence-electron chi connectivity index (χ2n) is 4.28. The summed E-state index contributed by atoms with van der Waals surface area (Å²) in [5.41, 5.74) is 6.65. The van der Waals surface area contributed by atoms with Crippen LogP contribution in [0.2, 0.25) is 0 Å². The molecule has 0 aromatic carbocycles. The summed E-state index contributed by atoms with van der Waals surface area (Å²) in [6, 6.07) is 6.66. The molecule has 0 spiro atoms. The topological polar surface area (TPSA) is 95.7 Å². The van der Waals surface area contributed by atoms with Crippen molar-refractivity contribution in [3.8, 4) is 11.6 Å². The van der Waals surface area contributed by atoms with Crippen LogP contribution in [-0.2, 0) is 4.74 Å². The number of aromatic nitrogens is 3. The lowest BCUT2D eigenvalue weighted by Crippen LogP contribution is -2.06. The summed E-state index contributed by atoms with van der Waals surface area (Å²) in [5.74, 6) is 1.54. The number of nitrogens with two attached hydrogens (primary N) is 1. The molecule has 0 aliphatic rings. The summed E-state index contributed by atoms with van der Waals surface area (Å²) in [6.45, 7) is 1.84. The van der Waals surface area contributed by atoms with Crippen molar-refractivity contribution in [1.29, 1.82) is 0 Å². The van der Waals surface area contributed by atoms with E-state index >= 15 is 0 Å². The van der Waals surface area contributed by atoms with Crippen LogP contribution in [0.1, 0.15) is 16.1 Å². The molecule has 102 valence electrons. The van der Waals surface area contributed by atoms with Gasteiger partial charge in [0.15, 0.2) is 11.4 Å². The van der Waals surface area contributed by atoms with Crippen LogP contribution in [0.15, 0.2) is 28.7 Å². The first-order valence-corrected chi connectivity index (χ1v) is 5.90. The molecule has 0 saturated heterocycles. The molecule has 2 N–H and O–H groups in total. The Morgan fingerprint density at radius 1 is 1.40 bits per heavy atom. The van der Waals surface area contributed by atoms with Gasteiger partial charge >= 0.3 is 5.97 Å². The van der Waals surface area contributed by atoms with Crippen molar-refractivity contribution in [3.05, 3.63) is 35.6 Å². The third-order valence-electron chi connectivity index (χ3n) is 2.85. The van der Waals surface area contributed by atoms with Crippen molar-refractivity contribution in [2.45, 2.75) is 6.92 Å². The van der Waals surface area contributed by atoms with Crippen molar-refractivity contribution < 1.29 is 13.9 Å². The fraction of sp³-hybridized carbons (Fsp3) is 0.154. The molecule has 3 rings (SSSR count). The Bertz CT molecular complexity index is 803. The first-order valence-electron chi connectivity index (χ1n) is 5.90. The quantitative estimate of drug-likeness (QED) is 0.713. The predicted octanol–water partition coefficient (Wildman–Crippen LogP) is 1.67. The summed E-state index contributed by atoms with van der Waals surface area (Å²) in [6.07, 6.45) is 0. The van der Waals surface area contributed by atoms with E-state index in [9.17, 15) is 4.79 Å². The number of nitrogens with zero attached hydrogens (tertiary/aromatic N) is 3. The highest BCUT2D eigenvalue weighted by atomic mass is 16.5. The minimum atomic E-state index is -0.474. The van der Waals surface area contributed by atoms with Crippen LogP contribution < -0.4 is 5.73 Å². The van der Waals surface area contributed by atoms with Crippen LogP contribution in [0.5, 0.6) is 0 Å². The number of furan rings is 1. The number of rotatable bonds is 2. The zero-order valence-electron chi connectivity index (χ0n) is 11.0. The first-order chi connectivity index (χ1) is 9.58. The molecule has 7 nitrogen and oxygen atoms in total. The van der Waals surface area contributed by atoms with E-state index in [1.807, 2.05) is 13.0 Å². The van der Waals surface area contributed by atoms with E-state index < -0.39 is 5.97 Å². The highest BCUT2D eigenvalue weighted by Gasteiger charge is 2.15. The molecule has 0 aliphatic carbocycles. The fourth-order valence-corrected chi connectivity index (χ4v) is 1.90. The van der Waals surface area contributed by atoms with Crippen LogP contribution in [-0.4, -0.2) is 27.7 Å². The summed E-state index contributed by atoms with van der Waals surface area (Å²) in [4.78, 5) is 15.8. The minimum Gasteiger partial charge on any atom is -0.465 e. The maximum Gasteiger partial charge on any atom is 0.338 e. The number of carbonyl (C=O) groups excluding carboxylic acids is 1. The van der Waals surface area contributed by atoms with E-state index in [0.29, 0.717) is 28.6 Å². The molecule has 0 radical (unpaired) electrons. The Morgan fingerprint density at radius 2 is 2.20 bits per heavy atom. The highest BCUT2D eigenvalue weighted by Crippen LogP contribution is 2.21. The zero-order valence-corrected chi connectivity index (χ0v) is 11.0. The second-order valence-corrected chi connectivity index (χ2v) is 4.28. The normalized spacial score (nSPS) is 10.9. The van der Waals surface area contributed by atoms with Gasteiger partial charge in [-0.25, -0.2) is 9.78 Å². The molecule has 0 fully saturated rings. The lowest BCUT2D eigenvalue weighted by atomic mass is 10.2. The maximum absolute atomic E-state index is 11.5. The van der Waals surface area contributed by atoms with Gasteiger partial charge in [0.2, 0.25) is 5.82 Å². The SMILES string of the molecule is COC(=O)c1cc(N)n2nc(-c3ccc(C)o3)nc2c1. The van der Waals surface area contributed by atoms with Gasteiger partial charge in [-0.05, 0) is 31.2 Å². The first kappa shape index (κ1) is 12.2. The predicted molar refractivity (Wildman–Crippen MR) is 71.2 cm³/mol. The number of hydrogen-bond donors (Lipinski definition) is 1. The number of fused-ring (bicyclic) bond motifs is 1. The van der Waals surface area contributed by atoms with Crippen molar-refractivity contribution in [3.63, 3.8) is 0 Å². The van der Waals surface area contributed by atoms with E-state index in [0.717, 1.165) is 5.76 Å². The smallest absolute Gasteiger partial charge is 0.338 e. The summed E-state index contributed by atoms with van der Waals surface area (Å²) in [5, 5.41) is 4.26. The molecule has 0 amide bonds. The number of aryl methyl sites for hydroxylation is 1. The molecule has 0 unspecified atom stereocenters. The maximum atomic E-state index is 11.5. The number of esters is 1. The molecule has 7 heteroatoms. The lowest BCUT2D eigenvalue weighted by Gasteiger charge is -2.01. The molecular formula is C13H12N4O3. The zero-order chi connectivity index (χ0) is 14.3. The van der Waals surface area contributed by atoms with Gasteiger partial charge in [0, 0.05) is 0 Å². The molecule has 0 atom stereocenters. The van der Waals surface area contributed by atoms with Gasteiger partial charge in [-0.3, -0.25) is 0 Å². The number of methoxy groups -OCH3 is 1. The minimum absolute atomic E-state index is 0.296. The van der Waals surface area contributed by atoms with Gasteiger partial charge in [-0.1, -0.05) is 0 Å². The van der Waals surface area contributed by atoms with E-state index in [-0.39, 0.29) is 0 Å². The Labute approximate surface area is 114 Å². The van der Waals surface area contributed by atoms with Crippen molar-refractivity contribution >= 4 is 17.4 Å². The van der Waals surface area contributed by atoms with Gasteiger partial charge in [-0.2, -0.15) is 4.52 Å². The third-order valence-corrected chi connectivity index (χ3v) is 2.85. The molecule has 20 heavy (non-hydrogen) atoms. The fourth-order valence-electron chi connectivity index (χ4n) is 1.90. The van der Waals surface area contributed by atoms with Gasteiger partial charge < -0.3 is 14.9 Å². The Kier molecular flexibility index (Phi) is 2.67. The van der Waals surface area contributed by atoms with E-state index in [1.54, 1.807) is 12.1 Å². The summed E-state index contributed by atoms with van der Waals surface area (Å²) in [7, 11) is 1.31. The third kappa shape index (κ3) is 1.89. The van der Waals surface area contributed by atoms with Gasteiger partial charge in [0.05, 0.1) is 12.7 Å². The van der Waals surface area contributed by atoms with Crippen molar-refractivity contribution in [2.24, 2.45) is 0 Å². The monoisotopic (exact) mass is 272 g/mol. The number of nitrogen functional groups attached to an aromatic ring is 1. The molecular weight excluding hydrogens is 260 g/mol. The Balaban J connectivity index is 2.15. The molecule has 0 aliphatic heterocycles. The number of pyridine rings is 1. The van der Waals surface area contributed by atoms with Crippen LogP contribution in [0.4, 0.5) is 5.82 Å². The van der Waals surface area contributed by atoms with Crippen LogP contribution in [0, 0.1) is 6.92 Å². The van der Waals surface area contributed by atoms with Crippen LogP contribution in [0.3, 0.4) is 0 Å².